The maximum atomic E-state index is 13.2. The van der Waals surface area contributed by atoms with Crippen LogP contribution < -0.4 is 10.6 Å². The summed E-state index contributed by atoms with van der Waals surface area (Å²) in [6.07, 6.45) is 3.67. The number of amides is 1. The van der Waals surface area contributed by atoms with E-state index in [-0.39, 0.29) is 41.6 Å². The van der Waals surface area contributed by atoms with Crippen molar-refractivity contribution in [2.45, 2.75) is 45.7 Å². The molecule has 27 heavy (non-hydrogen) atoms. The second-order valence-corrected chi connectivity index (χ2v) is 7.89. The van der Waals surface area contributed by atoms with Crippen molar-refractivity contribution in [1.29, 1.82) is 0 Å². The van der Waals surface area contributed by atoms with Gasteiger partial charge in [0.1, 0.15) is 5.82 Å². The van der Waals surface area contributed by atoms with Crippen LogP contribution in [0, 0.1) is 11.2 Å². The molecule has 0 bridgehead atoms. The molecule has 0 aliphatic carbocycles. The monoisotopic (exact) mass is 395 g/mol. The van der Waals surface area contributed by atoms with E-state index < -0.39 is 0 Å². The molecule has 0 radical (unpaired) electrons. The van der Waals surface area contributed by atoms with Gasteiger partial charge in [-0.2, -0.15) is 0 Å². The number of hydrogen-bond acceptors (Lipinski definition) is 4. The van der Waals surface area contributed by atoms with Crippen LogP contribution in [-0.4, -0.2) is 34.0 Å². The minimum atomic E-state index is -0.294. The summed E-state index contributed by atoms with van der Waals surface area (Å²) >= 11 is 0. The van der Waals surface area contributed by atoms with Gasteiger partial charge in [-0.25, -0.2) is 9.07 Å². The minimum absolute atomic E-state index is 0. The molecule has 1 amide bonds. The van der Waals surface area contributed by atoms with Gasteiger partial charge in [-0.15, -0.1) is 17.5 Å². The highest BCUT2D eigenvalue weighted by molar-refractivity contribution is 5.92. The Balaban J connectivity index is 0.00000261. The van der Waals surface area contributed by atoms with Gasteiger partial charge >= 0.3 is 0 Å². The fourth-order valence-corrected chi connectivity index (χ4v) is 3.29. The summed E-state index contributed by atoms with van der Waals surface area (Å²) in [6.45, 7) is 8.00. The molecule has 2 aromatic rings. The minimum Gasteiger partial charge on any atom is -0.343 e. The van der Waals surface area contributed by atoms with E-state index in [0.717, 1.165) is 31.5 Å². The molecular formula is C19H27ClFN5O. The van der Waals surface area contributed by atoms with E-state index in [2.05, 4.69) is 20.9 Å². The molecule has 148 valence electrons. The lowest BCUT2D eigenvalue weighted by Crippen LogP contribution is -2.36. The van der Waals surface area contributed by atoms with Crippen molar-refractivity contribution in [2.24, 2.45) is 5.41 Å². The molecule has 1 saturated heterocycles. The van der Waals surface area contributed by atoms with Crippen molar-refractivity contribution in [3.63, 3.8) is 0 Å². The first-order chi connectivity index (χ1) is 12.3. The smallest absolute Gasteiger partial charge is 0.273 e. The first-order valence-electron chi connectivity index (χ1n) is 9.03. The lowest BCUT2D eigenvalue weighted by molar-refractivity contribution is 0.0896. The van der Waals surface area contributed by atoms with E-state index in [1.807, 2.05) is 20.8 Å². The molecule has 1 aliphatic rings. The summed E-state index contributed by atoms with van der Waals surface area (Å²) in [5.74, 6) is -0.563. The van der Waals surface area contributed by atoms with Gasteiger partial charge in [0.05, 0.1) is 18.3 Å². The van der Waals surface area contributed by atoms with E-state index in [1.165, 1.54) is 12.1 Å². The number of benzene rings is 1. The zero-order valence-corrected chi connectivity index (χ0v) is 16.7. The Hall–Kier alpha value is -1.99. The van der Waals surface area contributed by atoms with Crippen LogP contribution in [0.2, 0.25) is 0 Å². The predicted octanol–water partition coefficient (Wildman–Crippen LogP) is 3.28. The molecule has 8 heteroatoms. The molecule has 1 fully saturated rings. The van der Waals surface area contributed by atoms with Crippen molar-refractivity contribution < 1.29 is 9.18 Å². The number of carbonyl (C=O) groups is 1. The predicted molar refractivity (Wildman–Crippen MR) is 104 cm³/mol. The number of carbonyl (C=O) groups excluding carboxylic acids is 1. The molecule has 2 heterocycles. The average Bonchev–Trinajstić information content (AvgIpc) is 3.10. The summed E-state index contributed by atoms with van der Waals surface area (Å²) in [5, 5.41) is 14.5. The summed E-state index contributed by atoms with van der Waals surface area (Å²) in [5.41, 5.74) is 0.927. The maximum absolute atomic E-state index is 13.2. The molecule has 1 atom stereocenters. The number of nitrogens with zero attached hydrogens (tertiary/aromatic N) is 3. The normalized spacial score (nSPS) is 16.4. The maximum Gasteiger partial charge on any atom is 0.273 e. The van der Waals surface area contributed by atoms with E-state index >= 15 is 0 Å². The van der Waals surface area contributed by atoms with Crippen molar-refractivity contribution >= 4 is 18.3 Å². The van der Waals surface area contributed by atoms with E-state index in [9.17, 15) is 9.18 Å². The molecule has 2 N–H and O–H groups in total. The van der Waals surface area contributed by atoms with E-state index in [1.54, 1.807) is 23.0 Å². The summed E-state index contributed by atoms with van der Waals surface area (Å²) in [7, 11) is 0. The Morgan fingerprint density at radius 2 is 1.89 bits per heavy atom. The highest BCUT2D eigenvalue weighted by Gasteiger charge is 2.29. The quantitative estimate of drug-likeness (QED) is 0.833. The largest absolute Gasteiger partial charge is 0.343 e. The molecular weight excluding hydrogens is 369 g/mol. The van der Waals surface area contributed by atoms with Crippen molar-refractivity contribution in [3.8, 4) is 0 Å². The number of aromatic nitrogens is 3. The number of piperidine rings is 1. The Morgan fingerprint density at radius 3 is 2.48 bits per heavy atom. The van der Waals surface area contributed by atoms with Crippen LogP contribution in [-0.2, 0) is 0 Å². The third-order valence-corrected chi connectivity index (χ3v) is 4.77. The second kappa shape index (κ2) is 8.80. The molecule has 0 saturated carbocycles. The van der Waals surface area contributed by atoms with Gasteiger partial charge in [0, 0.05) is 0 Å². The van der Waals surface area contributed by atoms with Crippen LogP contribution in [0.15, 0.2) is 30.5 Å². The van der Waals surface area contributed by atoms with Gasteiger partial charge in [-0.1, -0.05) is 38.1 Å². The first-order valence-corrected chi connectivity index (χ1v) is 9.03. The van der Waals surface area contributed by atoms with Crippen LogP contribution in [0.3, 0.4) is 0 Å². The zero-order valence-electron chi connectivity index (χ0n) is 15.9. The lowest BCUT2D eigenvalue weighted by Gasteiger charge is -2.31. The average molecular weight is 396 g/mol. The molecule has 1 aromatic carbocycles. The Kier molecular flexibility index (Phi) is 6.95. The fraction of sp³-hybridized carbons (Fsp3) is 0.526. The van der Waals surface area contributed by atoms with Crippen LogP contribution in [0.1, 0.15) is 61.7 Å². The van der Waals surface area contributed by atoms with Gasteiger partial charge in [0.25, 0.3) is 5.91 Å². The summed E-state index contributed by atoms with van der Waals surface area (Å²) in [4.78, 5) is 12.7. The summed E-state index contributed by atoms with van der Waals surface area (Å²) < 4.78 is 15.0. The highest BCUT2D eigenvalue weighted by Crippen LogP contribution is 2.33. The number of rotatable bonds is 4. The van der Waals surface area contributed by atoms with Crippen LogP contribution in [0.5, 0.6) is 0 Å². The molecule has 1 aromatic heterocycles. The molecule has 1 aliphatic heterocycles. The SMILES string of the molecule is CC(C)(C)C(NC(=O)c1cn(C2CCNCC2)nn1)c1ccc(F)cc1.Cl. The summed E-state index contributed by atoms with van der Waals surface area (Å²) in [6, 6.07) is 6.25. The van der Waals surface area contributed by atoms with Crippen molar-refractivity contribution in [2.75, 3.05) is 13.1 Å². The van der Waals surface area contributed by atoms with Crippen LogP contribution in [0.25, 0.3) is 0 Å². The zero-order chi connectivity index (χ0) is 18.7. The standard InChI is InChI=1S/C19H26FN5O.ClH/c1-19(2,3)17(13-4-6-14(20)7-5-13)22-18(26)16-12-25(24-23-16)15-8-10-21-11-9-15;/h4-7,12,15,17,21H,8-11H2,1-3H3,(H,22,26);1H. The van der Waals surface area contributed by atoms with Crippen LogP contribution >= 0.6 is 12.4 Å². The van der Waals surface area contributed by atoms with Gasteiger partial charge in [-0.05, 0) is 49.0 Å². The van der Waals surface area contributed by atoms with Crippen molar-refractivity contribution in [1.82, 2.24) is 25.6 Å². The van der Waals surface area contributed by atoms with Crippen LogP contribution in [0.4, 0.5) is 4.39 Å². The molecule has 1 unspecified atom stereocenters. The third-order valence-electron chi connectivity index (χ3n) is 4.77. The Labute approximate surface area is 165 Å². The molecule has 6 nitrogen and oxygen atoms in total. The van der Waals surface area contributed by atoms with Gasteiger partial charge in [-0.3, -0.25) is 4.79 Å². The highest BCUT2D eigenvalue weighted by atomic mass is 35.5. The fourth-order valence-electron chi connectivity index (χ4n) is 3.29. The van der Waals surface area contributed by atoms with E-state index in [0.29, 0.717) is 5.69 Å². The van der Waals surface area contributed by atoms with Gasteiger partial charge < -0.3 is 10.6 Å². The second-order valence-electron chi connectivity index (χ2n) is 7.89. The number of nitrogens with one attached hydrogen (secondary N) is 2. The first kappa shape index (κ1) is 21.3. The topological polar surface area (TPSA) is 71.8 Å². The Bertz CT molecular complexity index is 750. The number of hydrogen-bond donors (Lipinski definition) is 2. The molecule has 3 rings (SSSR count). The molecule has 0 spiro atoms. The van der Waals surface area contributed by atoms with Crippen molar-refractivity contribution in [3.05, 3.63) is 47.5 Å². The lowest BCUT2D eigenvalue weighted by atomic mass is 9.82. The van der Waals surface area contributed by atoms with Gasteiger partial charge in [0.2, 0.25) is 0 Å². The Morgan fingerprint density at radius 1 is 1.26 bits per heavy atom. The number of halogens is 2. The third kappa shape index (κ3) is 5.26. The van der Waals surface area contributed by atoms with Gasteiger partial charge in [0.15, 0.2) is 5.69 Å². The van der Waals surface area contributed by atoms with E-state index in [4.69, 9.17) is 0 Å².